The number of hydrogen-bond donors (Lipinski definition) is 1. The Morgan fingerprint density at radius 3 is 2.74 bits per heavy atom. The van der Waals surface area contributed by atoms with Crippen LogP contribution < -0.4 is 10.5 Å². The highest BCUT2D eigenvalue weighted by molar-refractivity contribution is 5.79. The maximum atomic E-state index is 5.85. The highest BCUT2D eigenvalue weighted by atomic mass is 16.5. The van der Waals surface area contributed by atoms with Crippen molar-refractivity contribution < 1.29 is 4.74 Å². The van der Waals surface area contributed by atoms with Crippen molar-refractivity contribution in [3.05, 3.63) is 60.3 Å². The molecule has 94 valence electrons. The van der Waals surface area contributed by atoms with Crippen LogP contribution in [0, 0.1) is 6.92 Å². The van der Waals surface area contributed by atoms with Gasteiger partial charge >= 0.3 is 0 Å². The number of rotatable bonds is 2. The van der Waals surface area contributed by atoms with Gasteiger partial charge in [0, 0.05) is 11.1 Å². The van der Waals surface area contributed by atoms with Crippen molar-refractivity contribution in [3.8, 4) is 11.5 Å². The largest absolute Gasteiger partial charge is 0.455 e. The van der Waals surface area contributed by atoms with Gasteiger partial charge < -0.3 is 10.5 Å². The number of hydrogen-bond acceptors (Lipinski definition) is 3. The van der Waals surface area contributed by atoms with Crippen LogP contribution in [-0.2, 0) is 0 Å². The van der Waals surface area contributed by atoms with Crippen LogP contribution in [0.25, 0.3) is 10.9 Å². The summed E-state index contributed by atoms with van der Waals surface area (Å²) < 4.78 is 5.85. The number of nitrogens with zero attached hydrogens (tertiary/aromatic N) is 1. The maximum absolute atomic E-state index is 5.85. The van der Waals surface area contributed by atoms with Crippen molar-refractivity contribution in [2.45, 2.75) is 6.92 Å². The first-order chi connectivity index (χ1) is 9.22. The van der Waals surface area contributed by atoms with E-state index in [0.717, 1.165) is 33.7 Å². The van der Waals surface area contributed by atoms with Crippen molar-refractivity contribution in [2.24, 2.45) is 0 Å². The van der Waals surface area contributed by atoms with Crippen molar-refractivity contribution in [1.82, 2.24) is 4.98 Å². The summed E-state index contributed by atoms with van der Waals surface area (Å²) in [4.78, 5) is 4.37. The molecule has 2 N–H and O–H groups in total. The van der Waals surface area contributed by atoms with Crippen molar-refractivity contribution in [1.29, 1.82) is 0 Å². The van der Waals surface area contributed by atoms with E-state index in [1.807, 2.05) is 55.5 Å². The molecule has 0 amide bonds. The molecule has 0 spiro atoms. The predicted molar refractivity (Wildman–Crippen MR) is 77.4 cm³/mol. The highest BCUT2D eigenvalue weighted by Gasteiger charge is 2.03. The molecule has 1 heterocycles. The molecular weight excluding hydrogens is 236 g/mol. The molecule has 1 aromatic heterocycles. The van der Waals surface area contributed by atoms with E-state index in [1.54, 1.807) is 6.20 Å². The zero-order valence-electron chi connectivity index (χ0n) is 10.6. The zero-order chi connectivity index (χ0) is 13.2. The van der Waals surface area contributed by atoms with Crippen LogP contribution in [0.5, 0.6) is 11.5 Å². The number of nitrogen functional groups attached to an aromatic ring is 1. The molecule has 3 heteroatoms. The number of aryl methyl sites for hydroxylation is 1. The van der Waals surface area contributed by atoms with Crippen LogP contribution in [0.4, 0.5) is 5.69 Å². The van der Waals surface area contributed by atoms with Crippen molar-refractivity contribution >= 4 is 16.6 Å². The van der Waals surface area contributed by atoms with Gasteiger partial charge in [0.25, 0.3) is 0 Å². The Morgan fingerprint density at radius 2 is 1.89 bits per heavy atom. The van der Waals surface area contributed by atoms with Crippen LogP contribution in [0.3, 0.4) is 0 Å². The summed E-state index contributed by atoms with van der Waals surface area (Å²) in [5.74, 6) is 1.53. The first-order valence-corrected chi connectivity index (χ1v) is 6.11. The average Bonchev–Trinajstić information content (AvgIpc) is 2.42. The van der Waals surface area contributed by atoms with E-state index < -0.39 is 0 Å². The first-order valence-electron chi connectivity index (χ1n) is 6.11. The van der Waals surface area contributed by atoms with Gasteiger partial charge in [-0.1, -0.05) is 18.2 Å². The lowest BCUT2D eigenvalue weighted by Gasteiger charge is -2.09. The number of para-hydroxylation sites is 1. The van der Waals surface area contributed by atoms with Gasteiger partial charge in [0.15, 0.2) is 0 Å². The normalized spacial score (nSPS) is 10.6. The molecule has 0 bridgehead atoms. The van der Waals surface area contributed by atoms with Crippen LogP contribution in [-0.4, -0.2) is 4.98 Å². The lowest BCUT2D eigenvalue weighted by molar-refractivity contribution is 0.478. The summed E-state index contributed by atoms with van der Waals surface area (Å²) in [5.41, 5.74) is 8.43. The number of ether oxygens (including phenoxy) is 1. The van der Waals surface area contributed by atoms with Gasteiger partial charge in [0.05, 0.1) is 11.7 Å². The minimum atomic E-state index is 0.728. The second-order valence-corrected chi connectivity index (χ2v) is 4.49. The molecule has 0 atom stereocenters. The van der Waals surface area contributed by atoms with Crippen LogP contribution >= 0.6 is 0 Å². The molecule has 3 rings (SSSR count). The number of nitrogens with two attached hydrogens (primary N) is 1. The third-order valence-electron chi connectivity index (χ3n) is 2.99. The lowest BCUT2D eigenvalue weighted by atomic mass is 10.2. The van der Waals surface area contributed by atoms with Gasteiger partial charge in [-0.3, -0.25) is 4.98 Å². The molecule has 3 aromatic rings. The Balaban J connectivity index is 1.96. The minimum absolute atomic E-state index is 0.728. The highest BCUT2D eigenvalue weighted by Crippen LogP contribution is 2.27. The Morgan fingerprint density at radius 1 is 1.05 bits per heavy atom. The molecule has 0 aliphatic heterocycles. The van der Waals surface area contributed by atoms with E-state index in [1.165, 1.54) is 0 Å². The van der Waals surface area contributed by atoms with Crippen LogP contribution in [0.1, 0.15) is 5.56 Å². The van der Waals surface area contributed by atoms with Gasteiger partial charge in [-0.25, -0.2) is 0 Å². The molecule has 0 saturated carbocycles. The van der Waals surface area contributed by atoms with Crippen molar-refractivity contribution in [3.63, 3.8) is 0 Å². The molecule has 19 heavy (non-hydrogen) atoms. The second-order valence-electron chi connectivity index (χ2n) is 4.49. The van der Waals surface area contributed by atoms with Gasteiger partial charge in [-0.15, -0.1) is 0 Å². The summed E-state index contributed by atoms with van der Waals surface area (Å²) in [6.45, 7) is 1.97. The van der Waals surface area contributed by atoms with E-state index in [0.29, 0.717) is 0 Å². The van der Waals surface area contributed by atoms with Gasteiger partial charge in [-0.05, 0) is 42.8 Å². The van der Waals surface area contributed by atoms with Crippen molar-refractivity contribution in [2.75, 3.05) is 5.73 Å². The summed E-state index contributed by atoms with van der Waals surface area (Å²) in [6.07, 6.45) is 1.73. The Bertz CT molecular complexity index is 738. The third-order valence-corrected chi connectivity index (χ3v) is 2.99. The minimum Gasteiger partial charge on any atom is -0.455 e. The van der Waals surface area contributed by atoms with E-state index in [4.69, 9.17) is 10.5 Å². The number of pyridine rings is 1. The third kappa shape index (κ3) is 2.36. The standard InChI is InChI=1S/C16H14N2O/c1-11-8-13(17)6-7-16(11)19-14-9-12-4-2-3-5-15(12)18-10-14/h2-10H,17H2,1H3. The number of benzene rings is 2. The molecule has 0 aliphatic rings. The van der Waals surface area contributed by atoms with E-state index in [2.05, 4.69) is 4.98 Å². The SMILES string of the molecule is Cc1cc(N)ccc1Oc1cnc2ccccc2c1. The molecule has 2 aromatic carbocycles. The predicted octanol–water partition coefficient (Wildman–Crippen LogP) is 3.92. The fraction of sp³-hybridized carbons (Fsp3) is 0.0625. The second kappa shape index (κ2) is 4.61. The summed E-state index contributed by atoms with van der Waals surface area (Å²) >= 11 is 0. The Hall–Kier alpha value is -2.55. The molecule has 0 unspecified atom stereocenters. The number of aromatic nitrogens is 1. The molecule has 3 nitrogen and oxygen atoms in total. The molecule has 0 fully saturated rings. The van der Waals surface area contributed by atoms with E-state index >= 15 is 0 Å². The fourth-order valence-corrected chi connectivity index (χ4v) is 2.02. The number of anilines is 1. The lowest BCUT2D eigenvalue weighted by Crippen LogP contribution is -1.91. The van der Waals surface area contributed by atoms with Crippen LogP contribution in [0.2, 0.25) is 0 Å². The topological polar surface area (TPSA) is 48.1 Å². The zero-order valence-corrected chi connectivity index (χ0v) is 10.6. The average molecular weight is 250 g/mol. The van der Waals surface area contributed by atoms with Crippen LogP contribution in [0.15, 0.2) is 54.7 Å². The Labute approximate surface area is 111 Å². The number of fused-ring (bicyclic) bond motifs is 1. The van der Waals surface area contributed by atoms with Gasteiger partial charge in [0.1, 0.15) is 11.5 Å². The fourth-order valence-electron chi connectivity index (χ4n) is 2.02. The smallest absolute Gasteiger partial charge is 0.146 e. The van der Waals surface area contributed by atoms with Gasteiger partial charge in [0.2, 0.25) is 0 Å². The molecular formula is C16H14N2O. The molecule has 0 radical (unpaired) electrons. The molecule has 0 aliphatic carbocycles. The summed E-state index contributed by atoms with van der Waals surface area (Å²) in [5, 5.41) is 1.06. The maximum Gasteiger partial charge on any atom is 0.146 e. The molecule has 0 saturated heterocycles. The van der Waals surface area contributed by atoms with Gasteiger partial charge in [-0.2, -0.15) is 0 Å². The quantitative estimate of drug-likeness (QED) is 0.701. The van der Waals surface area contributed by atoms with E-state index in [-0.39, 0.29) is 0 Å². The summed E-state index contributed by atoms with van der Waals surface area (Å²) in [7, 11) is 0. The monoisotopic (exact) mass is 250 g/mol. The first kappa shape index (κ1) is 11.5. The van der Waals surface area contributed by atoms with E-state index in [9.17, 15) is 0 Å². The summed E-state index contributed by atoms with van der Waals surface area (Å²) in [6, 6.07) is 15.5. The Kier molecular flexibility index (Phi) is 2.80.